The second kappa shape index (κ2) is 15.7. The highest BCUT2D eigenvalue weighted by molar-refractivity contribution is 7.85. The fourth-order valence-electron chi connectivity index (χ4n) is 4.98. The molecule has 1 unspecified atom stereocenters. The molecule has 0 aliphatic carbocycles. The van der Waals surface area contributed by atoms with Crippen LogP contribution < -0.4 is 10.6 Å². The number of aryl methyl sites for hydroxylation is 1. The first-order chi connectivity index (χ1) is 22.5. The van der Waals surface area contributed by atoms with E-state index in [0.29, 0.717) is 22.7 Å². The van der Waals surface area contributed by atoms with Gasteiger partial charge in [0.05, 0.1) is 27.4 Å². The Kier molecular flexibility index (Phi) is 12.2. The van der Waals surface area contributed by atoms with E-state index in [4.69, 9.17) is 39.4 Å². The molecule has 4 aromatic carbocycles. The van der Waals surface area contributed by atoms with E-state index in [0.717, 1.165) is 33.4 Å². The van der Waals surface area contributed by atoms with E-state index in [-0.39, 0.29) is 27.9 Å². The molecule has 0 saturated carbocycles. The van der Waals surface area contributed by atoms with Gasteiger partial charge in [-0.15, -0.1) is 0 Å². The molecule has 0 aromatic heterocycles. The number of carbonyl (C=O) groups is 2. The van der Waals surface area contributed by atoms with Crippen LogP contribution in [0, 0.1) is 12.3 Å². The van der Waals surface area contributed by atoms with Crippen molar-refractivity contribution in [1.82, 2.24) is 5.32 Å². The lowest BCUT2D eigenvalue weighted by Crippen LogP contribution is -2.28. The van der Waals surface area contributed by atoms with Gasteiger partial charge in [-0.1, -0.05) is 110 Å². The zero-order valence-corrected chi connectivity index (χ0v) is 30.1. The van der Waals surface area contributed by atoms with Gasteiger partial charge in [-0.2, -0.15) is 8.42 Å². The lowest BCUT2D eigenvalue weighted by molar-refractivity contribution is -0.117. The van der Waals surface area contributed by atoms with Crippen molar-refractivity contribution >= 4 is 68.5 Å². The van der Waals surface area contributed by atoms with Crippen molar-refractivity contribution < 1.29 is 22.6 Å². The summed E-state index contributed by atoms with van der Waals surface area (Å²) in [5.41, 5.74) is 5.82. The van der Waals surface area contributed by atoms with Crippen LogP contribution in [0.15, 0.2) is 84.9 Å². The van der Waals surface area contributed by atoms with Gasteiger partial charge in [-0.3, -0.25) is 14.1 Å². The van der Waals surface area contributed by atoms with Gasteiger partial charge < -0.3 is 10.6 Å². The number of benzene rings is 4. The Morgan fingerprint density at radius 1 is 0.896 bits per heavy atom. The van der Waals surface area contributed by atoms with Crippen molar-refractivity contribution in [1.29, 1.82) is 0 Å². The van der Waals surface area contributed by atoms with E-state index in [2.05, 4.69) is 37.5 Å². The van der Waals surface area contributed by atoms with Crippen LogP contribution in [-0.2, 0) is 21.3 Å². The molecular weight excluding hydrogens is 691 g/mol. The molecule has 7 nitrogen and oxygen atoms in total. The normalized spacial score (nSPS) is 12.6. The smallest absolute Gasteiger partial charge is 0.266 e. The van der Waals surface area contributed by atoms with Crippen molar-refractivity contribution in [3.05, 3.63) is 128 Å². The molecule has 0 saturated heterocycles. The molecule has 0 aliphatic heterocycles. The molecule has 0 aliphatic rings. The van der Waals surface area contributed by atoms with Crippen LogP contribution in [0.1, 0.15) is 59.3 Å². The van der Waals surface area contributed by atoms with Crippen molar-refractivity contribution in [3.63, 3.8) is 0 Å². The highest BCUT2D eigenvalue weighted by Crippen LogP contribution is 2.38. The molecule has 1 atom stereocenters. The second-order valence-corrected chi connectivity index (χ2v) is 15.4. The summed E-state index contributed by atoms with van der Waals surface area (Å²) < 4.78 is 30.8. The summed E-state index contributed by atoms with van der Waals surface area (Å²) >= 11 is 19.5. The summed E-state index contributed by atoms with van der Waals surface area (Å²) in [7, 11) is -4.19. The van der Waals surface area contributed by atoms with Gasteiger partial charge in [0.15, 0.2) is 0 Å². The topological polar surface area (TPSA) is 113 Å². The summed E-state index contributed by atoms with van der Waals surface area (Å²) in [4.78, 5) is 26.5. The molecule has 252 valence electrons. The summed E-state index contributed by atoms with van der Waals surface area (Å²) in [6, 6.07) is 23.5. The van der Waals surface area contributed by atoms with Gasteiger partial charge in [-0.25, -0.2) is 0 Å². The fraction of sp³-hybridized carbons (Fsp3) is 0.243. The maximum atomic E-state index is 14.0. The molecule has 0 bridgehead atoms. The third kappa shape index (κ3) is 10.7. The molecule has 2 amide bonds. The van der Waals surface area contributed by atoms with Gasteiger partial charge in [0.2, 0.25) is 5.91 Å². The largest absolute Gasteiger partial charge is 0.351 e. The van der Waals surface area contributed by atoms with Crippen LogP contribution in [0.25, 0.3) is 17.2 Å². The number of hydrogen-bond donors (Lipinski definition) is 3. The molecule has 11 heteroatoms. The van der Waals surface area contributed by atoms with E-state index in [1.165, 1.54) is 0 Å². The number of allylic oxidation sites excluding steroid dienone is 1. The van der Waals surface area contributed by atoms with Crippen LogP contribution in [0.4, 0.5) is 5.69 Å². The quantitative estimate of drug-likeness (QED) is 0.133. The van der Waals surface area contributed by atoms with Gasteiger partial charge in [0, 0.05) is 17.1 Å². The molecule has 0 radical (unpaired) electrons. The minimum absolute atomic E-state index is 0.0149. The van der Waals surface area contributed by atoms with Gasteiger partial charge >= 0.3 is 0 Å². The zero-order valence-electron chi connectivity index (χ0n) is 27.0. The predicted molar refractivity (Wildman–Crippen MR) is 197 cm³/mol. The van der Waals surface area contributed by atoms with Gasteiger partial charge in [0.25, 0.3) is 16.0 Å². The Balaban J connectivity index is 1.60. The first-order valence-corrected chi connectivity index (χ1v) is 17.9. The number of rotatable bonds is 11. The zero-order chi connectivity index (χ0) is 35.2. The number of carbonyl (C=O) groups excluding carboxylic acids is 2. The van der Waals surface area contributed by atoms with Crippen LogP contribution in [0.2, 0.25) is 15.1 Å². The molecule has 48 heavy (non-hydrogen) atoms. The Labute approximate surface area is 297 Å². The highest BCUT2D eigenvalue weighted by atomic mass is 35.5. The van der Waals surface area contributed by atoms with Crippen molar-refractivity contribution in [3.8, 4) is 11.1 Å². The standard InChI is InChI=1S/C37H37Cl3N2O5S/c1-23-19-29(38)13-14-30(23)28-21-32(39)34(33(40)22-28)42-36(44)31(26-9-5-24(6-10-26)15-16-37(2,3)4)20-25-7-11-27(12-8-25)35(43)41-17-18-48(45,46)47/h5-16,19,21-22,31H,17-18,20H2,1-4H3,(H,41,43)(H,42,44)(H,45,46,47)/b16-15+. The molecule has 3 N–H and O–H groups in total. The first-order valence-electron chi connectivity index (χ1n) is 15.2. The third-order valence-electron chi connectivity index (χ3n) is 7.52. The van der Waals surface area contributed by atoms with Crippen molar-refractivity contribution in [2.24, 2.45) is 5.41 Å². The average Bonchev–Trinajstić information content (AvgIpc) is 3.00. The first kappa shape index (κ1) is 37.2. The summed E-state index contributed by atoms with van der Waals surface area (Å²) in [6.07, 6.45) is 4.46. The Hall–Kier alpha value is -3.66. The van der Waals surface area contributed by atoms with Gasteiger partial charge in [-0.05, 0) is 88.5 Å². The lowest BCUT2D eigenvalue weighted by Gasteiger charge is -2.20. The van der Waals surface area contributed by atoms with Crippen LogP contribution in [0.5, 0.6) is 0 Å². The Morgan fingerprint density at radius 3 is 2.08 bits per heavy atom. The van der Waals surface area contributed by atoms with E-state index >= 15 is 0 Å². The average molecular weight is 728 g/mol. The summed E-state index contributed by atoms with van der Waals surface area (Å²) in [5, 5.41) is 6.60. The monoisotopic (exact) mass is 726 g/mol. The number of halogens is 3. The van der Waals surface area contributed by atoms with E-state index in [1.54, 1.807) is 42.5 Å². The van der Waals surface area contributed by atoms with Crippen LogP contribution >= 0.6 is 34.8 Å². The second-order valence-electron chi connectivity index (χ2n) is 12.6. The number of hydrogen-bond acceptors (Lipinski definition) is 4. The maximum absolute atomic E-state index is 14.0. The fourth-order valence-corrected chi connectivity index (χ4v) is 6.15. The molecule has 0 heterocycles. The molecule has 4 aromatic rings. The summed E-state index contributed by atoms with van der Waals surface area (Å²) in [5.74, 6) is -2.04. The predicted octanol–water partition coefficient (Wildman–Crippen LogP) is 9.26. The molecule has 4 rings (SSSR count). The Bertz CT molecular complexity index is 1910. The SMILES string of the molecule is Cc1cc(Cl)ccc1-c1cc(Cl)c(NC(=O)C(Cc2ccc(C(=O)NCCS(=O)(=O)O)cc2)c2ccc(/C=C/C(C)(C)C)cc2)c(Cl)c1. The number of nitrogens with one attached hydrogen (secondary N) is 2. The van der Waals surface area contributed by atoms with Crippen LogP contribution in [-0.4, -0.2) is 37.1 Å². The highest BCUT2D eigenvalue weighted by Gasteiger charge is 2.24. The maximum Gasteiger partial charge on any atom is 0.266 e. The minimum atomic E-state index is -4.19. The van der Waals surface area contributed by atoms with Crippen molar-refractivity contribution in [2.75, 3.05) is 17.6 Å². The minimum Gasteiger partial charge on any atom is -0.351 e. The van der Waals surface area contributed by atoms with E-state index in [1.807, 2.05) is 49.4 Å². The van der Waals surface area contributed by atoms with Gasteiger partial charge in [0.1, 0.15) is 0 Å². The van der Waals surface area contributed by atoms with Crippen LogP contribution in [0.3, 0.4) is 0 Å². The molecular formula is C37H37Cl3N2O5S. The molecule has 0 spiro atoms. The summed E-state index contributed by atoms with van der Waals surface area (Å²) in [6.45, 7) is 8.06. The Morgan fingerprint density at radius 2 is 1.52 bits per heavy atom. The van der Waals surface area contributed by atoms with Crippen molar-refractivity contribution in [2.45, 2.75) is 40.0 Å². The number of anilines is 1. The number of amides is 2. The van der Waals surface area contributed by atoms with E-state index in [9.17, 15) is 18.0 Å². The third-order valence-corrected chi connectivity index (χ3v) is 9.07. The lowest BCUT2D eigenvalue weighted by atomic mass is 9.89. The molecule has 0 fully saturated rings. The van der Waals surface area contributed by atoms with E-state index < -0.39 is 27.7 Å².